The molecule has 0 saturated heterocycles. The molecule has 0 amide bonds. The molecule has 19 heavy (non-hydrogen) atoms. The largest absolute Gasteiger partial charge is 0.457 e. The number of aryl methyl sites for hydroxylation is 2. The highest BCUT2D eigenvalue weighted by atomic mass is 19.4. The first-order chi connectivity index (χ1) is 8.86. The van der Waals surface area contributed by atoms with Crippen LogP contribution in [0.25, 0.3) is 0 Å². The molecular weight excluding hydrogens is 253 g/mol. The molecule has 2 rings (SSSR count). The van der Waals surface area contributed by atoms with E-state index in [0.717, 1.165) is 11.6 Å². The second kappa shape index (κ2) is 4.96. The first-order valence-corrected chi connectivity index (χ1v) is 5.78. The van der Waals surface area contributed by atoms with Crippen molar-refractivity contribution in [2.24, 2.45) is 0 Å². The lowest BCUT2D eigenvalue weighted by atomic mass is 10.1. The summed E-state index contributed by atoms with van der Waals surface area (Å²) >= 11 is 0. The maximum Gasteiger partial charge on any atom is 0.419 e. The predicted molar refractivity (Wildman–Crippen MR) is 67.4 cm³/mol. The van der Waals surface area contributed by atoms with Gasteiger partial charge in [-0.15, -0.1) is 0 Å². The maximum atomic E-state index is 12.9. The Kier molecular flexibility index (Phi) is 3.51. The molecule has 0 unspecified atom stereocenters. The van der Waals surface area contributed by atoms with Crippen molar-refractivity contribution in [2.75, 3.05) is 0 Å². The van der Waals surface area contributed by atoms with Crippen LogP contribution in [0.1, 0.15) is 16.7 Å². The molecule has 0 aromatic heterocycles. The average molecular weight is 266 g/mol. The second-order valence-corrected chi connectivity index (χ2v) is 4.41. The van der Waals surface area contributed by atoms with Crippen LogP contribution in [0.4, 0.5) is 13.2 Å². The molecule has 0 heterocycles. The Morgan fingerprint density at radius 2 is 1.42 bits per heavy atom. The third-order valence-electron chi connectivity index (χ3n) is 2.69. The molecule has 1 nitrogen and oxygen atoms in total. The van der Waals surface area contributed by atoms with E-state index in [-0.39, 0.29) is 5.75 Å². The Morgan fingerprint density at radius 3 is 2.00 bits per heavy atom. The van der Waals surface area contributed by atoms with Crippen LogP contribution in [-0.4, -0.2) is 0 Å². The van der Waals surface area contributed by atoms with Crippen molar-refractivity contribution >= 4 is 0 Å². The van der Waals surface area contributed by atoms with E-state index < -0.39 is 11.7 Å². The highest BCUT2D eigenvalue weighted by molar-refractivity contribution is 5.42. The average Bonchev–Trinajstić information content (AvgIpc) is 2.33. The molecule has 100 valence electrons. The van der Waals surface area contributed by atoms with Gasteiger partial charge in [0, 0.05) is 0 Å². The van der Waals surface area contributed by atoms with Crippen molar-refractivity contribution in [1.29, 1.82) is 0 Å². The van der Waals surface area contributed by atoms with Gasteiger partial charge in [-0.25, -0.2) is 0 Å². The minimum atomic E-state index is -4.42. The molecule has 0 atom stereocenters. The molecule has 0 N–H and O–H groups in total. The molecule has 0 aliphatic carbocycles. The van der Waals surface area contributed by atoms with Crippen LogP contribution in [0.15, 0.2) is 42.5 Å². The Hall–Kier alpha value is -1.97. The van der Waals surface area contributed by atoms with Gasteiger partial charge >= 0.3 is 6.18 Å². The van der Waals surface area contributed by atoms with E-state index in [1.165, 1.54) is 6.07 Å². The normalized spacial score (nSPS) is 11.4. The summed E-state index contributed by atoms with van der Waals surface area (Å²) in [5.74, 6) is 0.210. The minimum Gasteiger partial charge on any atom is -0.457 e. The van der Waals surface area contributed by atoms with Crippen molar-refractivity contribution in [1.82, 2.24) is 0 Å². The van der Waals surface area contributed by atoms with Gasteiger partial charge in [-0.2, -0.15) is 13.2 Å². The quantitative estimate of drug-likeness (QED) is 0.733. The fourth-order valence-electron chi connectivity index (χ4n) is 1.69. The van der Waals surface area contributed by atoms with Crippen LogP contribution in [0.3, 0.4) is 0 Å². The van der Waals surface area contributed by atoms with Gasteiger partial charge in [0.15, 0.2) is 0 Å². The Labute approximate surface area is 109 Å². The fourth-order valence-corrected chi connectivity index (χ4v) is 1.69. The van der Waals surface area contributed by atoms with Gasteiger partial charge in [-0.1, -0.05) is 29.3 Å². The highest BCUT2D eigenvalue weighted by Gasteiger charge is 2.34. The van der Waals surface area contributed by atoms with E-state index in [1.807, 2.05) is 6.92 Å². The maximum absolute atomic E-state index is 12.9. The summed E-state index contributed by atoms with van der Waals surface area (Å²) < 4.78 is 44.1. The topological polar surface area (TPSA) is 9.23 Å². The van der Waals surface area contributed by atoms with Gasteiger partial charge in [0.1, 0.15) is 11.5 Å². The standard InChI is InChI=1S/C15H13F3O/c1-10-3-6-12(7-4-10)19-14-8-5-11(2)9-13(14)15(16,17)18/h3-9H,1-2H3. The summed E-state index contributed by atoms with van der Waals surface area (Å²) in [4.78, 5) is 0. The van der Waals surface area contributed by atoms with Gasteiger partial charge in [0.2, 0.25) is 0 Å². The van der Waals surface area contributed by atoms with Crippen molar-refractivity contribution in [3.8, 4) is 11.5 Å². The molecule has 0 saturated carbocycles. The molecule has 0 bridgehead atoms. The zero-order valence-corrected chi connectivity index (χ0v) is 10.6. The van der Waals surface area contributed by atoms with Gasteiger partial charge < -0.3 is 4.74 Å². The third kappa shape index (κ3) is 3.28. The number of halogens is 3. The van der Waals surface area contributed by atoms with E-state index in [1.54, 1.807) is 37.3 Å². The number of hydrogen-bond donors (Lipinski definition) is 0. The van der Waals surface area contributed by atoms with Gasteiger partial charge in [-0.3, -0.25) is 0 Å². The van der Waals surface area contributed by atoms with Gasteiger partial charge in [0.25, 0.3) is 0 Å². The third-order valence-corrected chi connectivity index (χ3v) is 2.69. The van der Waals surface area contributed by atoms with Crippen LogP contribution in [-0.2, 0) is 6.18 Å². The Balaban J connectivity index is 2.37. The van der Waals surface area contributed by atoms with E-state index in [0.29, 0.717) is 11.3 Å². The lowest BCUT2D eigenvalue weighted by Gasteiger charge is -2.14. The summed E-state index contributed by atoms with van der Waals surface area (Å²) in [6, 6.07) is 10.9. The highest BCUT2D eigenvalue weighted by Crippen LogP contribution is 2.38. The molecule has 0 spiro atoms. The summed E-state index contributed by atoms with van der Waals surface area (Å²) in [5.41, 5.74) is 0.809. The minimum absolute atomic E-state index is 0.179. The fraction of sp³-hybridized carbons (Fsp3) is 0.200. The van der Waals surface area contributed by atoms with Gasteiger partial charge in [-0.05, 0) is 38.1 Å². The van der Waals surface area contributed by atoms with E-state index in [2.05, 4.69) is 0 Å². The van der Waals surface area contributed by atoms with Crippen molar-refractivity contribution in [2.45, 2.75) is 20.0 Å². The first kappa shape index (κ1) is 13.5. The van der Waals surface area contributed by atoms with E-state index in [4.69, 9.17) is 4.74 Å². The number of hydrogen-bond acceptors (Lipinski definition) is 1. The lowest BCUT2D eigenvalue weighted by molar-refractivity contribution is -0.138. The molecular formula is C15H13F3O. The molecule has 2 aromatic carbocycles. The lowest BCUT2D eigenvalue weighted by Crippen LogP contribution is -2.07. The molecule has 0 fully saturated rings. The summed E-state index contributed by atoms with van der Waals surface area (Å²) in [5, 5.41) is 0. The number of alkyl halides is 3. The van der Waals surface area contributed by atoms with Crippen LogP contribution in [0.5, 0.6) is 11.5 Å². The summed E-state index contributed by atoms with van der Waals surface area (Å²) in [6.07, 6.45) is -4.42. The summed E-state index contributed by atoms with van der Waals surface area (Å²) in [6.45, 7) is 3.52. The summed E-state index contributed by atoms with van der Waals surface area (Å²) in [7, 11) is 0. The molecule has 0 aliphatic heterocycles. The molecule has 4 heteroatoms. The SMILES string of the molecule is Cc1ccc(Oc2ccc(C)cc2C(F)(F)F)cc1. The zero-order chi connectivity index (χ0) is 14.0. The van der Waals surface area contributed by atoms with Crippen LogP contribution < -0.4 is 4.74 Å². The number of rotatable bonds is 2. The zero-order valence-electron chi connectivity index (χ0n) is 10.6. The van der Waals surface area contributed by atoms with Gasteiger partial charge in [0.05, 0.1) is 5.56 Å². The van der Waals surface area contributed by atoms with Crippen LogP contribution in [0.2, 0.25) is 0 Å². The van der Waals surface area contributed by atoms with Crippen LogP contribution in [0, 0.1) is 13.8 Å². The van der Waals surface area contributed by atoms with Crippen LogP contribution >= 0.6 is 0 Å². The van der Waals surface area contributed by atoms with Crippen molar-refractivity contribution < 1.29 is 17.9 Å². The van der Waals surface area contributed by atoms with Crippen molar-refractivity contribution in [3.05, 3.63) is 59.2 Å². The first-order valence-electron chi connectivity index (χ1n) is 5.78. The predicted octanol–water partition coefficient (Wildman–Crippen LogP) is 5.11. The second-order valence-electron chi connectivity index (χ2n) is 4.41. The number of benzene rings is 2. The van der Waals surface area contributed by atoms with E-state index in [9.17, 15) is 13.2 Å². The molecule has 0 radical (unpaired) electrons. The smallest absolute Gasteiger partial charge is 0.419 e. The molecule has 0 aliphatic rings. The number of ether oxygens (including phenoxy) is 1. The Bertz CT molecular complexity index is 571. The monoisotopic (exact) mass is 266 g/mol. The molecule has 2 aromatic rings. The van der Waals surface area contributed by atoms with E-state index >= 15 is 0 Å². The van der Waals surface area contributed by atoms with Crippen molar-refractivity contribution in [3.63, 3.8) is 0 Å². The Morgan fingerprint density at radius 1 is 0.842 bits per heavy atom.